The number of aromatic nitrogens is 2. The van der Waals surface area contributed by atoms with E-state index < -0.39 is 55.7 Å². The zero-order valence-electron chi connectivity index (χ0n) is 13.5. The van der Waals surface area contributed by atoms with Gasteiger partial charge >= 0.3 is 13.5 Å². The van der Waals surface area contributed by atoms with Gasteiger partial charge in [-0.1, -0.05) is 0 Å². The Morgan fingerprint density at radius 3 is 3.10 bits per heavy atom. The second-order valence-corrected chi connectivity index (χ2v) is 6.11. The molecule has 1 unspecified atom stereocenters. The molecule has 0 bridgehead atoms. The monoisotopic (exact) mass is 323 g/mol. The SMILES string of the molecule is [2H]c1cn([C@@H]2O[C@H]3[C@@H](OP(=O)(O)OC3([2H])[2H])[C@@]2(C)O)c(=O)[nH]c1=O. The molecule has 0 spiro atoms. The van der Waals surface area contributed by atoms with E-state index in [0.29, 0.717) is 4.57 Å². The molecule has 11 heteroatoms. The minimum atomic E-state index is -4.80. The smallest absolute Gasteiger partial charge is 0.383 e. The summed E-state index contributed by atoms with van der Waals surface area (Å²) < 4.78 is 49.5. The molecule has 1 aromatic rings. The molecule has 0 radical (unpaired) electrons. The number of nitrogens with one attached hydrogen (secondary N) is 1. The summed E-state index contributed by atoms with van der Waals surface area (Å²) in [5, 5.41) is 10.6. The third-order valence-corrected chi connectivity index (χ3v) is 4.03. The maximum atomic E-state index is 11.9. The molecule has 1 aromatic heterocycles. The molecule has 0 aromatic carbocycles. The fourth-order valence-electron chi connectivity index (χ4n) is 2.24. The number of nitrogens with zero attached hydrogens (tertiary/aromatic N) is 1. The Labute approximate surface area is 121 Å². The standard InChI is InChI=1S/C10H13N2O8P/c1-10(15)7-5(4-18-21(16,17)20-7)19-8(10)12-3-2-6(13)11-9(12)14/h2-3,5,7-8,15H,4H2,1H3,(H,16,17)(H,11,13,14)/t5-,7-,8-,10-/m1/s1/i2D,4D2. The summed E-state index contributed by atoms with van der Waals surface area (Å²) in [5.41, 5.74) is -4.12. The molecule has 10 nitrogen and oxygen atoms in total. The molecule has 0 aliphatic carbocycles. The van der Waals surface area contributed by atoms with Crippen molar-refractivity contribution in [3.8, 4) is 0 Å². The Morgan fingerprint density at radius 1 is 1.67 bits per heavy atom. The summed E-state index contributed by atoms with van der Waals surface area (Å²) in [4.78, 5) is 34.5. The van der Waals surface area contributed by atoms with Crippen molar-refractivity contribution in [2.75, 3.05) is 6.56 Å². The van der Waals surface area contributed by atoms with E-state index in [1.165, 1.54) is 0 Å². The zero-order chi connectivity index (χ0) is 18.1. The van der Waals surface area contributed by atoms with Gasteiger partial charge in [0.1, 0.15) is 17.8 Å². The van der Waals surface area contributed by atoms with Crippen molar-refractivity contribution < 1.29 is 32.5 Å². The molecule has 3 heterocycles. The maximum Gasteiger partial charge on any atom is 0.472 e. The Kier molecular flexibility index (Phi) is 2.48. The molecule has 2 fully saturated rings. The second-order valence-electron chi connectivity index (χ2n) is 4.78. The number of phosphoric acid groups is 1. The van der Waals surface area contributed by atoms with E-state index in [2.05, 4.69) is 4.52 Å². The number of hydrogen-bond donors (Lipinski definition) is 3. The van der Waals surface area contributed by atoms with Crippen LogP contribution < -0.4 is 11.2 Å². The van der Waals surface area contributed by atoms with E-state index in [9.17, 15) is 24.2 Å². The lowest BCUT2D eigenvalue weighted by atomic mass is 9.96. The first kappa shape index (κ1) is 11.3. The van der Waals surface area contributed by atoms with Crippen LogP contribution in [0.3, 0.4) is 0 Å². The molecular formula is C10H13N2O8P. The van der Waals surface area contributed by atoms with Gasteiger partial charge < -0.3 is 14.7 Å². The third kappa shape index (κ3) is 2.39. The summed E-state index contributed by atoms with van der Waals surface area (Å²) in [5.74, 6) is 0. The van der Waals surface area contributed by atoms with E-state index >= 15 is 0 Å². The van der Waals surface area contributed by atoms with Crippen LogP contribution in [0.5, 0.6) is 0 Å². The van der Waals surface area contributed by atoms with Crippen LogP contribution in [0.2, 0.25) is 0 Å². The molecule has 3 N–H and O–H groups in total. The summed E-state index contributed by atoms with van der Waals surface area (Å²) >= 11 is 0. The van der Waals surface area contributed by atoms with Gasteiger partial charge in [0.25, 0.3) is 5.56 Å². The quantitative estimate of drug-likeness (QED) is 0.542. The van der Waals surface area contributed by atoms with Gasteiger partial charge in [-0.15, -0.1) is 0 Å². The van der Waals surface area contributed by atoms with Crippen molar-refractivity contribution in [2.45, 2.75) is 31.0 Å². The van der Waals surface area contributed by atoms with Gasteiger partial charge in [-0.05, 0) is 6.92 Å². The van der Waals surface area contributed by atoms with Crippen molar-refractivity contribution >= 4 is 7.82 Å². The molecule has 2 aliphatic rings. The van der Waals surface area contributed by atoms with E-state index in [4.69, 9.17) is 13.4 Å². The molecule has 21 heavy (non-hydrogen) atoms. The van der Waals surface area contributed by atoms with Crippen LogP contribution in [-0.4, -0.2) is 43.9 Å². The first-order chi connectivity index (χ1) is 10.8. The largest absolute Gasteiger partial charge is 0.472 e. The Hall–Kier alpha value is -1.29. The summed E-state index contributed by atoms with van der Waals surface area (Å²) in [6.45, 7) is -1.69. The Bertz CT molecular complexity index is 851. The van der Waals surface area contributed by atoms with Crippen LogP contribution in [0.1, 0.15) is 17.3 Å². The number of fused-ring (bicyclic) bond motifs is 1. The predicted octanol–water partition coefficient (Wildman–Crippen LogP) is -1.30. The highest BCUT2D eigenvalue weighted by Gasteiger charge is 2.59. The van der Waals surface area contributed by atoms with Crippen LogP contribution >= 0.6 is 7.82 Å². The second kappa shape index (κ2) is 4.60. The van der Waals surface area contributed by atoms with Crippen LogP contribution in [0, 0.1) is 0 Å². The van der Waals surface area contributed by atoms with Crippen LogP contribution in [0.4, 0.5) is 0 Å². The van der Waals surface area contributed by atoms with Crippen molar-refractivity contribution in [3.05, 3.63) is 33.1 Å². The highest BCUT2D eigenvalue weighted by Crippen LogP contribution is 2.54. The van der Waals surface area contributed by atoms with Gasteiger partial charge in [-0.2, -0.15) is 0 Å². The minimum Gasteiger partial charge on any atom is -0.383 e. The third-order valence-electron chi connectivity index (χ3n) is 3.20. The van der Waals surface area contributed by atoms with Gasteiger partial charge in [-0.25, -0.2) is 9.36 Å². The average molecular weight is 323 g/mol. The van der Waals surface area contributed by atoms with Crippen molar-refractivity contribution in [1.29, 1.82) is 0 Å². The number of ether oxygens (including phenoxy) is 1. The van der Waals surface area contributed by atoms with Crippen molar-refractivity contribution in [2.24, 2.45) is 0 Å². The molecule has 116 valence electrons. The number of H-pyrrole nitrogens is 1. The molecule has 2 aliphatic heterocycles. The number of phosphoric ester groups is 1. The number of aliphatic hydroxyl groups is 1. The molecule has 0 saturated carbocycles. The topological polar surface area (TPSA) is 140 Å². The van der Waals surface area contributed by atoms with Crippen molar-refractivity contribution in [1.82, 2.24) is 9.55 Å². The average Bonchev–Trinajstić information content (AvgIpc) is 2.65. The highest BCUT2D eigenvalue weighted by molar-refractivity contribution is 7.47. The Morgan fingerprint density at radius 2 is 2.38 bits per heavy atom. The first-order valence-corrected chi connectivity index (χ1v) is 7.26. The molecule has 2 saturated heterocycles. The predicted molar refractivity (Wildman–Crippen MR) is 66.5 cm³/mol. The molecular weight excluding hydrogens is 307 g/mol. The first-order valence-electron chi connectivity index (χ1n) is 7.27. The van der Waals surface area contributed by atoms with Crippen LogP contribution in [-0.2, 0) is 18.3 Å². The fourth-order valence-corrected chi connectivity index (χ4v) is 3.13. The van der Waals surface area contributed by atoms with Crippen LogP contribution in [0.25, 0.3) is 0 Å². The minimum absolute atomic E-state index is 0.600. The number of hydrogen-bond acceptors (Lipinski definition) is 7. The van der Waals surface area contributed by atoms with E-state index in [0.717, 1.165) is 13.1 Å². The lowest BCUT2D eigenvalue weighted by Crippen LogP contribution is -2.49. The van der Waals surface area contributed by atoms with E-state index in [-0.39, 0.29) is 0 Å². The van der Waals surface area contributed by atoms with Gasteiger partial charge in [-0.3, -0.25) is 23.4 Å². The number of aromatic amines is 1. The lowest BCUT2D eigenvalue weighted by Gasteiger charge is -2.33. The fraction of sp³-hybridized carbons (Fsp3) is 0.600. The molecule has 3 rings (SSSR count). The van der Waals surface area contributed by atoms with E-state index in [1.807, 2.05) is 4.98 Å². The zero-order valence-corrected chi connectivity index (χ0v) is 11.4. The Balaban J connectivity index is 2.10. The van der Waals surface area contributed by atoms with Gasteiger partial charge in [0.2, 0.25) is 0 Å². The van der Waals surface area contributed by atoms with Gasteiger partial charge in [0.05, 0.1) is 10.7 Å². The molecule has 5 atom stereocenters. The lowest BCUT2D eigenvalue weighted by molar-refractivity contribution is -0.0935. The summed E-state index contributed by atoms with van der Waals surface area (Å²) in [7, 11) is -4.80. The number of rotatable bonds is 1. The van der Waals surface area contributed by atoms with Crippen molar-refractivity contribution in [3.63, 3.8) is 0 Å². The summed E-state index contributed by atoms with van der Waals surface area (Å²) in [6.07, 6.45) is -4.08. The normalized spacial score (nSPS) is 47.2. The maximum absolute atomic E-state index is 11.9. The summed E-state index contributed by atoms with van der Waals surface area (Å²) in [6, 6.07) is -0.600. The van der Waals surface area contributed by atoms with Gasteiger partial charge in [0, 0.05) is 12.2 Å². The highest BCUT2D eigenvalue weighted by atomic mass is 31.2. The molecule has 0 amide bonds. The van der Waals surface area contributed by atoms with E-state index in [1.54, 1.807) is 0 Å². The van der Waals surface area contributed by atoms with Gasteiger partial charge in [0.15, 0.2) is 6.23 Å². The van der Waals surface area contributed by atoms with Crippen LogP contribution in [0.15, 0.2) is 21.8 Å².